The number of hydrogen-bond donors (Lipinski definition) is 0. The molecule has 4 rings (SSSR count). The predicted molar refractivity (Wildman–Crippen MR) is 114 cm³/mol. The lowest BCUT2D eigenvalue weighted by Gasteiger charge is -2.20. The number of aromatic nitrogens is 2. The van der Waals surface area contributed by atoms with Crippen molar-refractivity contribution in [3.63, 3.8) is 0 Å². The van der Waals surface area contributed by atoms with Crippen LogP contribution in [0.1, 0.15) is 24.8 Å². The molecule has 0 saturated carbocycles. The third-order valence-corrected chi connectivity index (χ3v) is 6.52. The zero-order chi connectivity index (χ0) is 19.2. The molecule has 1 fully saturated rings. The zero-order valence-electron chi connectivity index (χ0n) is 16.0. The van der Waals surface area contributed by atoms with Crippen LogP contribution in [-0.4, -0.2) is 27.9 Å². The van der Waals surface area contributed by atoms with Crippen molar-refractivity contribution < 1.29 is 4.39 Å². The summed E-state index contributed by atoms with van der Waals surface area (Å²) in [6.45, 7) is 3.26. The van der Waals surface area contributed by atoms with Crippen LogP contribution in [0.5, 0.6) is 0 Å². The highest BCUT2D eigenvalue weighted by Crippen LogP contribution is 2.30. The molecule has 0 N–H and O–H groups in total. The molecule has 146 valence electrons. The number of aryl methyl sites for hydroxylation is 1. The summed E-state index contributed by atoms with van der Waals surface area (Å²) in [5, 5.41) is 0.428. The van der Waals surface area contributed by atoms with Crippen LogP contribution < -0.4 is 4.90 Å². The molecule has 0 aliphatic carbocycles. The van der Waals surface area contributed by atoms with Gasteiger partial charge in [-0.3, -0.25) is 0 Å². The van der Waals surface area contributed by atoms with Crippen LogP contribution in [-0.2, 0) is 13.0 Å². The summed E-state index contributed by atoms with van der Waals surface area (Å²) in [7, 11) is 0. The summed E-state index contributed by atoms with van der Waals surface area (Å²) >= 11 is 1.92. The van der Waals surface area contributed by atoms with Gasteiger partial charge in [-0.25, -0.2) is 9.37 Å². The fourth-order valence-electron chi connectivity index (χ4n) is 3.70. The largest absolute Gasteiger partial charge is 0.372 e. The first-order valence-corrected chi connectivity index (χ1v) is 10.9. The normalized spacial score (nSPS) is 15.1. The Morgan fingerprint density at radius 2 is 1.75 bits per heavy atom. The van der Waals surface area contributed by atoms with Crippen LogP contribution in [0.3, 0.4) is 0 Å². The third kappa shape index (κ3) is 5.16. The van der Waals surface area contributed by atoms with Crippen molar-refractivity contribution in [3.8, 4) is 0 Å². The Kier molecular flexibility index (Phi) is 6.32. The quantitative estimate of drug-likeness (QED) is 0.476. The minimum Gasteiger partial charge on any atom is -0.372 e. The van der Waals surface area contributed by atoms with E-state index in [2.05, 4.69) is 38.7 Å². The second-order valence-corrected chi connectivity index (χ2v) is 8.73. The summed E-state index contributed by atoms with van der Waals surface area (Å²) < 4.78 is 15.3. The molecular formula is C23H26FN3S. The number of nitrogens with zero attached hydrogens (tertiary/aromatic N) is 3. The minimum absolute atomic E-state index is 0.175. The van der Waals surface area contributed by atoms with Gasteiger partial charge in [0.05, 0.1) is 6.33 Å². The number of imidazole rings is 1. The van der Waals surface area contributed by atoms with E-state index in [0.29, 0.717) is 5.25 Å². The molecule has 1 saturated heterocycles. The van der Waals surface area contributed by atoms with E-state index in [1.54, 1.807) is 12.1 Å². The first-order valence-electron chi connectivity index (χ1n) is 9.98. The summed E-state index contributed by atoms with van der Waals surface area (Å²) in [4.78, 5) is 7.94. The van der Waals surface area contributed by atoms with Crippen molar-refractivity contribution in [2.45, 2.75) is 42.4 Å². The Morgan fingerprint density at radius 3 is 2.43 bits per heavy atom. The van der Waals surface area contributed by atoms with Crippen molar-refractivity contribution in [1.29, 1.82) is 0 Å². The van der Waals surface area contributed by atoms with Crippen molar-refractivity contribution in [2.75, 3.05) is 18.0 Å². The van der Waals surface area contributed by atoms with Gasteiger partial charge in [-0.2, -0.15) is 0 Å². The molecule has 5 heteroatoms. The Morgan fingerprint density at radius 1 is 1.00 bits per heavy atom. The summed E-state index contributed by atoms with van der Waals surface area (Å²) in [5.74, 6) is -0.175. The molecule has 1 unspecified atom stereocenters. The fourth-order valence-corrected chi connectivity index (χ4v) is 4.86. The molecule has 0 radical (unpaired) electrons. The monoisotopic (exact) mass is 395 g/mol. The molecule has 2 aromatic carbocycles. The minimum atomic E-state index is -0.175. The van der Waals surface area contributed by atoms with E-state index < -0.39 is 0 Å². The molecule has 1 atom stereocenters. The Bertz CT molecular complexity index is 841. The van der Waals surface area contributed by atoms with Crippen molar-refractivity contribution in [2.24, 2.45) is 0 Å². The highest BCUT2D eigenvalue weighted by Gasteiger charge is 2.14. The molecule has 0 amide bonds. The fraction of sp³-hybridized carbons (Fsp3) is 0.348. The van der Waals surface area contributed by atoms with Crippen molar-refractivity contribution >= 4 is 17.4 Å². The van der Waals surface area contributed by atoms with Gasteiger partial charge in [0.1, 0.15) is 5.82 Å². The molecule has 0 bridgehead atoms. The summed E-state index contributed by atoms with van der Waals surface area (Å²) in [6.07, 6.45) is 10.3. The number of rotatable bonds is 8. The molecule has 0 spiro atoms. The van der Waals surface area contributed by atoms with Crippen LogP contribution in [0.2, 0.25) is 0 Å². The van der Waals surface area contributed by atoms with Gasteiger partial charge in [0.15, 0.2) is 0 Å². The van der Waals surface area contributed by atoms with Crippen molar-refractivity contribution in [1.82, 2.24) is 9.55 Å². The maximum Gasteiger partial charge on any atom is 0.123 e. The van der Waals surface area contributed by atoms with Gasteiger partial charge in [0.2, 0.25) is 0 Å². The van der Waals surface area contributed by atoms with E-state index in [1.807, 2.05) is 42.6 Å². The van der Waals surface area contributed by atoms with E-state index in [1.165, 1.54) is 42.1 Å². The lowest BCUT2D eigenvalue weighted by atomic mass is 10.1. The van der Waals surface area contributed by atoms with Gasteiger partial charge in [-0.05, 0) is 67.6 Å². The molecule has 3 nitrogen and oxygen atoms in total. The highest BCUT2D eigenvalue weighted by molar-refractivity contribution is 8.00. The van der Waals surface area contributed by atoms with Gasteiger partial charge < -0.3 is 9.47 Å². The Balaban J connectivity index is 1.41. The topological polar surface area (TPSA) is 21.1 Å². The average Bonchev–Trinajstić information content (AvgIpc) is 3.42. The van der Waals surface area contributed by atoms with Crippen LogP contribution in [0.4, 0.5) is 10.1 Å². The first kappa shape index (κ1) is 19.1. The number of thioether (sulfide) groups is 1. The smallest absolute Gasteiger partial charge is 0.123 e. The number of benzene rings is 2. The van der Waals surface area contributed by atoms with Gasteiger partial charge in [-0.1, -0.05) is 12.1 Å². The zero-order valence-corrected chi connectivity index (χ0v) is 16.8. The third-order valence-electron chi connectivity index (χ3n) is 5.25. The van der Waals surface area contributed by atoms with Gasteiger partial charge >= 0.3 is 0 Å². The average molecular weight is 396 g/mol. The standard InChI is InChI=1S/C23H26FN3S/c24-20-6-3-19(4-7-20)5-10-23(17-26-16-13-25-18-26)28-22-11-8-21(9-12-22)27-14-1-2-15-27/h3-4,6-9,11-13,16,18,23H,1-2,5,10,14-15,17H2. The molecule has 2 heterocycles. The molecule has 1 aliphatic rings. The lowest BCUT2D eigenvalue weighted by Crippen LogP contribution is -2.17. The first-order chi connectivity index (χ1) is 13.8. The van der Waals surface area contributed by atoms with E-state index in [4.69, 9.17) is 0 Å². The number of halogens is 1. The predicted octanol–water partition coefficient (Wildman–Crippen LogP) is 5.42. The summed E-state index contributed by atoms with van der Waals surface area (Å²) in [5.41, 5.74) is 2.52. The van der Waals surface area contributed by atoms with Gasteiger partial charge in [0.25, 0.3) is 0 Å². The van der Waals surface area contributed by atoms with Crippen LogP contribution >= 0.6 is 11.8 Å². The van der Waals surface area contributed by atoms with Gasteiger partial charge in [-0.15, -0.1) is 11.8 Å². The van der Waals surface area contributed by atoms with E-state index in [-0.39, 0.29) is 5.82 Å². The molecule has 1 aromatic heterocycles. The van der Waals surface area contributed by atoms with Crippen molar-refractivity contribution in [3.05, 3.63) is 78.6 Å². The van der Waals surface area contributed by atoms with E-state index in [0.717, 1.165) is 19.4 Å². The molecule has 1 aliphatic heterocycles. The van der Waals surface area contributed by atoms with Crippen LogP contribution in [0.15, 0.2) is 72.1 Å². The summed E-state index contributed by atoms with van der Waals surface area (Å²) in [6, 6.07) is 15.9. The second kappa shape index (κ2) is 9.28. The molecule has 28 heavy (non-hydrogen) atoms. The van der Waals surface area contributed by atoms with Crippen LogP contribution in [0, 0.1) is 5.82 Å². The maximum atomic E-state index is 13.2. The van der Waals surface area contributed by atoms with E-state index in [9.17, 15) is 4.39 Å². The lowest BCUT2D eigenvalue weighted by molar-refractivity contribution is 0.618. The van der Waals surface area contributed by atoms with Gasteiger partial charge in [0, 0.05) is 47.9 Å². The Labute approximate surface area is 170 Å². The number of hydrogen-bond acceptors (Lipinski definition) is 3. The Hall–Kier alpha value is -2.27. The second-order valence-electron chi connectivity index (χ2n) is 7.35. The highest BCUT2D eigenvalue weighted by atomic mass is 32.2. The molecule has 3 aromatic rings. The number of anilines is 1. The van der Waals surface area contributed by atoms with Crippen LogP contribution in [0.25, 0.3) is 0 Å². The maximum absolute atomic E-state index is 13.2. The molecular weight excluding hydrogens is 369 g/mol. The SMILES string of the molecule is Fc1ccc(CCC(Cn2ccnc2)Sc2ccc(N3CCCC3)cc2)cc1. The van der Waals surface area contributed by atoms with E-state index >= 15 is 0 Å².